The average Bonchev–Trinajstić information content (AvgIpc) is 2.88. The standard InChI is InChI=1S/C24H27FN7O4P/c1-24(2)13-31(9-10-35-24)16-5-3-15(4-6-16)27-23-26-11-17(25)21(30-23)28-19-8-7-18-22(29-19)32(14-36-37)20(33)12-34-18/h3-8,11H,9-10,12-14,37H2,1-2H3,(H2,26,27,28,29,30). The van der Waals surface area contributed by atoms with Gasteiger partial charge in [0.05, 0.1) is 18.4 Å². The molecule has 11 nitrogen and oxygen atoms in total. The van der Waals surface area contributed by atoms with Crippen molar-refractivity contribution >= 4 is 50.2 Å². The maximum atomic E-state index is 14.5. The summed E-state index contributed by atoms with van der Waals surface area (Å²) in [6, 6.07) is 11.1. The summed E-state index contributed by atoms with van der Waals surface area (Å²) < 4.78 is 30.8. The van der Waals surface area contributed by atoms with Crippen LogP contribution in [0.3, 0.4) is 0 Å². The maximum Gasteiger partial charge on any atom is 0.268 e. The monoisotopic (exact) mass is 527 g/mol. The third kappa shape index (κ3) is 5.71. The molecule has 0 bridgehead atoms. The molecule has 0 aliphatic carbocycles. The van der Waals surface area contributed by atoms with Crippen LogP contribution in [-0.4, -0.2) is 59.5 Å². The fourth-order valence-corrected chi connectivity index (χ4v) is 4.26. The van der Waals surface area contributed by atoms with E-state index < -0.39 is 5.82 Å². The molecule has 2 aromatic heterocycles. The molecule has 2 N–H and O–H groups in total. The lowest BCUT2D eigenvalue weighted by atomic mass is 10.1. The summed E-state index contributed by atoms with van der Waals surface area (Å²) in [5.41, 5.74) is 1.65. The number of morpholine rings is 1. The quantitative estimate of drug-likeness (QED) is 0.442. The fraction of sp³-hybridized carbons (Fsp3) is 0.333. The van der Waals surface area contributed by atoms with Crippen LogP contribution in [0.2, 0.25) is 0 Å². The molecule has 1 amide bonds. The second-order valence-corrected chi connectivity index (χ2v) is 9.47. The largest absolute Gasteiger partial charge is 0.480 e. The van der Waals surface area contributed by atoms with E-state index in [1.807, 2.05) is 24.3 Å². The second kappa shape index (κ2) is 10.4. The smallest absolute Gasteiger partial charge is 0.268 e. The normalized spacial score (nSPS) is 16.7. The number of nitrogens with one attached hydrogen (secondary N) is 2. The van der Waals surface area contributed by atoms with Gasteiger partial charge in [-0.05, 0) is 50.2 Å². The van der Waals surface area contributed by atoms with E-state index in [-0.39, 0.29) is 48.2 Å². The molecular formula is C24H27FN7O4P. The Labute approximate surface area is 215 Å². The Kier molecular flexibility index (Phi) is 7.05. The van der Waals surface area contributed by atoms with Crippen molar-refractivity contribution in [2.45, 2.75) is 19.4 Å². The van der Waals surface area contributed by atoms with Gasteiger partial charge in [0.2, 0.25) is 5.95 Å². The van der Waals surface area contributed by atoms with Crippen LogP contribution in [0.25, 0.3) is 0 Å². The highest BCUT2D eigenvalue weighted by Gasteiger charge is 2.28. The number of benzene rings is 1. The van der Waals surface area contributed by atoms with Gasteiger partial charge in [0, 0.05) is 33.9 Å². The first-order chi connectivity index (χ1) is 17.8. The highest BCUT2D eigenvalue weighted by molar-refractivity contribution is 7.09. The minimum atomic E-state index is -0.659. The van der Waals surface area contributed by atoms with Crippen LogP contribution in [0.1, 0.15) is 13.8 Å². The molecule has 1 atom stereocenters. The molecule has 0 spiro atoms. The Morgan fingerprint density at radius 2 is 1.97 bits per heavy atom. The number of rotatable bonds is 7. The van der Waals surface area contributed by atoms with E-state index in [0.29, 0.717) is 12.4 Å². The SMILES string of the molecule is CC1(C)CN(c2ccc(Nc3ncc(F)c(Nc4ccc5c(n4)N(COP)C(=O)CO5)n3)cc2)CCO1. The van der Waals surface area contributed by atoms with Crippen molar-refractivity contribution in [1.82, 2.24) is 15.0 Å². The van der Waals surface area contributed by atoms with E-state index >= 15 is 0 Å². The molecule has 5 rings (SSSR count). The van der Waals surface area contributed by atoms with E-state index in [1.54, 1.807) is 12.1 Å². The number of carbonyl (C=O) groups is 1. The van der Waals surface area contributed by atoms with E-state index in [4.69, 9.17) is 14.0 Å². The topological polar surface area (TPSA) is 114 Å². The van der Waals surface area contributed by atoms with Crippen LogP contribution in [-0.2, 0) is 14.1 Å². The van der Waals surface area contributed by atoms with Gasteiger partial charge in [0.25, 0.3) is 5.91 Å². The van der Waals surface area contributed by atoms with Gasteiger partial charge in [0.15, 0.2) is 29.8 Å². The van der Waals surface area contributed by atoms with E-state index in [1.165, 1.54) is 4.90 Å². The Bertz CT molecular complexity index is 1290. The molecule has 2 aliphatic heterocycles. The van der Waals surface area contributed by atoms with Crippen molar-refractivity contribution in [3.63, 3.8) is 0 Å². The number of hydrogen-bond acceptors (Lipinski definition) is 10. The third-order valence-corrected chi connectivity index (χ3v) is 6.00. The maximum absolute atomic E-state index is 14.5. The highest BCUT2D eigenvalue weighted by atomic mass is 31.0. The Morgan fingerprint density at radius 1 is 1.16 bits per heavy atom. The molecule has 194 valence electrons. The highest BCUT2D eigenvalue weighted by Crippen LogP contribution is 2.32. The molecule has 37 heavy (non-hydrogen) atoms. The number of amides is 1. The molecule has 1 saturated heterocycles. The lowest BCUT2D eigenvalue weighted by Crippen LogP contribution is -2.48. The number of aromatic nitrogens is 3. The molecular weight excluding hydrogens is 500 g/mol. The number of carbonyl (C=O) groups excluding carboxylic acids is 1. The molecule has 1 unspecified atom stereocenters. The first kappa shape index (κ1) is 25.1. The first-order valence-electron chi connectivity index (χ1n) is 11.6. The van der Waals surface area contributed by atoms with Crippen LogP contribution in [0.4, 0.5) is 39.2 Å². The lowest BCUT2D eigenvalue weighted by molar-refractivity contribution is -0.122. The average molecular weight is 527 g/mol. The summed E-state index contributed by atoms with van der Waals surface area (Å²) in [6.07, 6.45) is 1.07. The Morgan fingerprint density at radius 3 is 2.73 bits per heavy atom. The van der Waals surface area contributed by atoms with Gasteiger partial charge in [-0.3, -0.25) is 9.69 Å². The van der Waals surface area contributed by atoms with Crippen molar-refractivity contribution < 1.29 is 23.2 Å². The van der Waals surface area contributed by atoms with Crippen molar-refractivity contribution in [3.8, 4) is 5.75 Å². The minimum Gasteiger partial charge on any atom is -0.480 e. The molecule has 0 radical (unpaired) electrons. The van der Waals surface area contributed by atoms with Gasteiger partial charge in [0.1, 0.15) is 12.5 Å². The number of ether oxygens (including phenoxy) is 2. The van der Waals surface area contributed by atoms with Crippen LogP contribution >= 0.6 is 9.47 Å². The van der Waals surface area contributed by atoms with Crippen molar-refractivity contribution in [1.29, 1.82) is 0 Å². The zero-order valence-corrected chi connectivity index (χ0v) is 21.6. The summed E-state index contributed by atoms with van der Waals surface area (Å²) in [4.78, 5) is 28.5. The van der Waals surface area contributed by atoms with Gasteiger partial charge in [-0.15, -0.1) is 0 Å². The summed E-state index contributed by atoms with van der Waals surface area (Å²) in [6.45, 7) is 6.33. The third-order valence-electron chi connectivity index (χ3n) is 5.86. The summed E-state index contributed by atoms with van der Waals surface area (Å²) in [5, 5.41) is 5.95. The van der Waals surface area contributed by atoms with Crippen molar-refractivity contribution in [2.24, 2.45) is 0 Å². The number of halogens is 1. The van der Waals surface area contributed by atoms with Gasteiger partial charge in [-0.25, -0.2) is 14.4 Å². The molecule has 1 aromatic carbocycles. The van der Waals surface area contributed by atoms with Crippen LogP contribution in [0, 0.1) is 5.82 Å². The van der Waals surface area contributed by atoms with Crippen molar-refractivity contribution in [3.05, 3.63) is 48.4 Å². The molecule has 1 fully saturated rings. The predicted octanol–water partition coefficient (Wildman–Crippen LogP) is 3.60. The van der Waals surface area contributed by atoms with E-state index in [0.717, 1.165) is 30.7 Å². The lowest BCUT2D eigenvalue weighted by Gasteiger charge is -2.39. The number of pyridine rings is 1. The number of fused-ring (bicyclic) bond motifs is 1. The van der Waals surface area contributed by atoms with E-state index in [9.17, 15) is 9.18 Å². The summed E-state index contributed by atoms with van der Waals surface area (Å²) in [5.74, 6) is 0.123. The van der Waals surface area contributed by atoms with Gasteiger partial charge >= 0.3 is 0 Å². The van der Waals surface area contributed by atoms with Crippen LogP contribution in [0.15, 0.2) is 42.6 Å². The van der Waals surface area contributed by atoms with E-state index in [2.05, 4.69) is 53.8 Å². The molecule has 4 heterocycles. The zero-order valence-electron chi connectivity index (χ0n) is 20.4. The minimum absolute atomic E-state index is 0.0195. The Hall–Kier alpha value is -3.60. The number of anilines is 6. The molecule has 0 saturated carbocycles. The predicted molar refractivity (Wildman–Crippen MR) is 140 cm³/mol. The Balaban J connectivity index is 1.30. The fourth-order valence-electron chi connectivity index (χ4n) is 4.11. The second-order valence-electron chi connectivity index (χ2n) is 9.14. The van der Waals surface area contributed by atoms with Crippen molar-refractivity contribution in [2.75, 3.05) is 53.5 Å². The number of nitrogens with zero attached hydrogens (tertiary/aromatic N) is 5. The molecule has 13 heteroatoms. The zero-order chi connectivity index (χ0) is 26.0. The van der Waals surface area contributed by atoms with Gasteiger partial charge < -0.3 is 29.5 Å². The van der Waals surface area contributed by atoms with Gasteiger partial charge in [-0.2, -0.15) is 4.98 Å². The number of hydrogen-bond donors (Lipinski definition) is 2. The summed E-state index contributed by atoms with van der Waals surface area (Å²) in [7, 11) is 2.09. The van der Waals surface area contributed by atoms with Crippen LogP contribution in [0.5, 0.6) is 5.75 Å². The van der Waals surface area contributed by atoms with Crippen LogP contribution < -0.4 is 25.2 Å². The summed E-state index contributed by atoms with van der Waals surface area (Å²) >= 11 is 0. The van der Waals surface area contributed by atoms with Gasteiger partial charge in [-0.1, -0.05) is 0 Å². The first-order valence-corrected chi connectivity index (χ1v) is 12.1. The molecule has 3 aromatic rings. The molecule has 2 aliphatic rings.